The van der Waals surface area contributed by atoms with Crippen molar-refractivity contribution in [3.63, 3.8) is 0 Å². The molecule has 5 nitrogen and oxygen atoms in total. The van der Waals surface area contributed by atoms with Gasteiger partial charge in [-0.05, 0) is 6.92 Å². The molecule has 1 N–H and O–H groups in total. The first kappa shape index (κ1) is 9.16. The highest BCUT2D eigenvalue weighted by atomic mass is 31.2. The van der Waals surface area contributed by atoms with E-state index < -0.39 is 7.82 Å². The van der Waals surface area contributed by atoms with E-state index in [0.717, 1.165) is 0 Å². The zero-order valence-corrected chi connectivity index (χ0v) is 7.12. The van der Waals surface area contributed by atoms with Gasteiger partial charge in [0.05, 0.1) is 25.9 Å². The maximum Gasteiger partial charge on any atom is 0.475 e. The van der Waals surface area contributed by atoms with Crippen LogP contribution in [-0.2, 0) is 18.1 Å². The van der Waals surface area contributed by atoms with E-state index in [-0.39, 0.29) is 25.9 Å². The number of hydrogen-bond donors (Lipinski definition) is 1. The molecule has 0 radical (unpaired) electrons. The first-order valence-corrected chi connectivity index (χ1v) is 4.81. The number of rotatable bonds is 3. The predicted molar refractivity (Wildman–Crippen MR) is 37.1 cm³/mol. The van der Waals surface area contributed by atoms with Gasteiger partial charge in [-0.1, -0.05) is 0 Å². The van der Waals surface area contributed by atoms with Crippen molar-refractivity contribution < 1.29 is 23.2 Å². The Balaban J connectivity index is 2.36. The van der Waals surface area contributed by atoms with Crippen molar-refractivity contribution in [2.45, 2.75) is 13.0 Å². The molecule has 0 spiro atoms. The molecule has 6 heteroatoms. The molecule has 1 saturated heterocycles. The van der Waals surface area contributed by atoms with Crippen LogP contribution >= 0.6 is 7.82 Å². The van der Waals surface area contributed by atoms with E-state index >= 15 is 0 Å². The molecule has 1 rings (SSSR count). The molecule has 0 aromatic carbocycles. The summed E-state index contributed by atoms with van der Waals surface area (Å²) >= 11 is 0. The van der Waals surface area contributed by atoms with Gasteiger partial charge in [0.2, 0.25) is 0 Å². The van der Waals surface area contributed by atoms with Crippen LogP contribution in [-0.4, -0.2) is 31.0 Å². The third kappa shape index (κ3) is 2.54. The molecule has 2 unspecified atom stereocenters. The van der Waals surface area contributed by atoms with Crippen LogP contribution in [0.2, 0.25) is 0 Å². The maximum absolute atomic E-state index is 11.2. The van der Waals surface area contributed by atoms with Crippen LogP contribution in [0.1, 0.15) is 6.92 Å². The van der Waals surface area contributed by atoms with Crippen molar-refractivity contribution in [3.05, 3.63) is 0 Å². The monoisotopic (exact) mass is 182 g/mol. The van der Waals surface area contributed by atoms with Crippen LogP contribution in [0.5, 0.6) is 0 Å². The Bertz CT molecular complexity index is 170. The summed E-state index contributed by atoms with van der Waals surface area (Å²) in [4.78, 5) is 0. The summed E-state index contributed by atoms with van der Waals surface area (Å²) in [5.41, 5.74) is 0. The van der Waals surface area contributed by atoms with Gasteiger partial charge in [-0.2, -0.15) is 0 Å². The lowest BCUT2D eigenvalue weighted by molar-refractivity contribution is 0.142. The largest absolute Gasteiger partial charge is 0.475 e. The van der Waals surface area contributed by atoms with Gasteiger partial charge < -0.3 is 5.11 Å². The molecule has 0 aromatic rings. The summed E-state index contributed by atoms with van der Waals surface area (Å²) in [5, 5.41) is 8.35. The average Bonchev–Trinajstić information content (AvgIpc) is 2.28. The second kappa shape index (κ2) is 3.65. The molecule has 0 aliphatic carbocycles. The number of aliphatic hydroxyl groups excluding tert-OH is 1. The van der Waals surface area contributed by atoms with E-state index in [4.69, 9.17) is 14.2 Å². The third-order valence-corrected chi connectivity index (χ3v) is 2.70. The SMILES string of the molecule is CC1COP(=O)(OCCO)O1. The van der Waals surface area contributed by atoms with E-state index in [0.29, 0.717) is 0 Å². The van der Waals surface area contributed by atoms with Crippen LogP contribution in [0.4, 0.5) is 0 Å². The van der Waals surface area contributed by atoms with Gasteiger partial charge in [0.1, 0.15) is 0 Å². The highest BCUT2D eigenvalue weighted by Crippen LogP contribution is 2.54. The molecule has 1 aliphatic rings. The van der Waals surface area contributed by atoms with E-state index in [1.165, 1.54) is 0 Å². The lowest BCUT2D eigenvalue weighted by Gasteiger charge is -2.08. The summed E-state index contributed by atoms with van der Waals surface area (Å²) in [6.45, 7) is 1.81. The quantitative estimate of drug-likeness (QED) is 0.645. The Kier molecular flexibility index (Phi) is 3.04. The molecule has 2 atom stereocenters. The van der Waals surface area contributed by atoms with E-state index in [9.17, 15) is 4.57 Å². The normalized spacial score (nSPS) is 37.8. The highest BCUT2D eigenvalue weighted by molar-refractivity contribution is 7.48. The Labute approximate surface area is 64.9 Å². The topological polar surface area (TPSA) is 65.0 Å². The van der Waals surface area contributed by atoms with Gasteiger partial charge in [-0.25, -0.2) is 4.57 Å². The second-order valence-corrected chi connectivity index (χ2v) is 3.84. The fraction of sp³-hybridized carbons (Fsp3) is 1.00. The van der Waals surface area contributed by atoms with Gasteiger partial charge in [0.25, 0.3) is 0 Å². The molecule has 66 valence electrons. The van der Waals surface area contributed by atoms with Crippen LogP contribution in [0.25, 0.3) is 0 Å². The number of phosphoric ester groups is 1. The highest BCUT2D eigenvalue weighted by Gasteiger charge is 2.36. The molecule has 0 bridgehead atoms. The number of aliphatic hydroxyl groups is 1. The van der Waals surface area contributed by atoms with Crippen molar-refractivity contribution in [1.82, 2.24) is 0 Å². The van der Waals surface area contributed by atoms with Crippen molar-refractivity contribution in [1.29, 1.82) is 0 Å². The van der Waals surface area contributed by atoms with Crippen LogP contribution < -0.4 is 0 Å². The minimum atomic E-state index is -3.30. The molecule has 11 heavy (non-hydrogen) atoms. The third-order valence-electron chi connectivity index (χ3n) is 1.12. The fourth-order valence-electron chi connectivity index (χ4n) is 0.698. The van der Waals surface area contributed by atoms with Crippen molar-refractivity contribution in [2.75, 3.05) is 19.8 Å². The van der Waals surface area contributed by atoms with Crippen LogP contribution in [0.15, 0.2) is 0 Å². The van der Waals surface area contributed by atoms with E-state index in [1.54, 1.807) is 6.92 Å². The van der Waals surface area contributed by atoms with E-state index in [2.05, 4.69) is 4.52 Å². The second-order valence-electron chi connectivity index (χ2n) is 2.22. The molecule has 0 aromatic heterocycles. The Morgan fingerprint density at radius 1 is 1.82 bits per heavy atom. The van der Waals surface area contributed by atoms with Gasteiger partial charge in [-0.15, -0.1) is 0 Å². The molecular formula is C5H11O5P. The Morgan fingerprint density at radius 3 is 3.00 bits per heavy atom. The summed E-state index contributed by atoms with van der Waals surface area (Å²) in [6.07, 6.45) is -0.195. The zero-order chi connectivity index (χ0) is 8.32. The minimum absolute atomic E-state index is 0.0238. The smallest absolute Gasteiger partial charge is 0.394 e. The minimum Gasteiger partial charge on any atom is -0.394 e. The van der Waals surface area contributed by atoms with Crippen LogP contribution in [0, 0.1) is 0 Å². The van der Waals surface area contributed by atoms with E-state index in [1.807, 2.05) is 0 Å². The molecular weight excluding hydrogens is 171 g/mol. The Morgan fingerprint density at radius 2 is 2.55 bits per heavy atom. The van der Waals surface area contributed by atoms with Gasteiger partial charge >= 0.3 is 7.82 Å². The molecule has 0 saturated carbocycles. The zero-order valence-electron chi connectivity index (χ0n) is 6.23. The summed E-state index contributed by atoms with van der Waals surface area (Å²) in [5.74, 6) is 0. The Hall–Kier alpha value is 0.0700. The molecule has 1 aliphatic heterocycles. The lowest BCUT2D eigenvalue weighted by Crippen LogP contribution is -2.01. The van der Waals surface area contributed by atoms with Crippen LogP contribution in [0.3, 0.4) is 0 Å². The summed E-state index contributed by atoms with van der Waals surface area (Å²) in [7, 11) is -3.30. The van der Waals surface area contributed by atoms with Crippen molar-refractivity contribution in [2.24, 2.45) is 0 Å². The molecule has 0 amide bonds. The molecule has 1 heterocycles. The lowest BCUT2D eigenvalue weighted by atomic mass is 10.5. The number of phosphoric acid groups is 1. The number of hydrogen-bond acceptors (Lipinski definition) is 5. The summed E-state index contributed by atoms with van der Waals surface area (Å²) < 4.78 is 25.5. The predicted octanol–water partition coefficient (Wildman–Crippen LogP) is 0.539. The summed E-state index contributed by atoms with van der Waals surface area (Å²) in [6, 6.07) is 0. The van der Waals surface area contributed by atoms with Crippen molar-refractivity contribution >= 4 is 7.82 Å². The van der Waals surface area contributed by atoms with Gasteiger partial charge in [-0.3, -0.25) is 13.6 Å². The van der Waals surface area contributed by atoms with Crippen molar-refractivity contribution in [3.8, 4) is 0 Å². The standard InChI is InChI=1S/C5H11O5P/c1-5-4-9-11(7,10-5)8-3-2-6/h5-6H,2-4H2,1H3. The first-order valence-electron chi connectivity index (χ1n) is 3.35. The van der Waals surface area contributed by atoms with Gasteiger partial charge in [0.15, 0.2) is 0 Å². The molecule has 1 fully saturated rings. The van der Waals surface area contributed by atoms with Gasteiger partial charge in [0, 0.05) is 0 Å². The fourth-order valence-corrected chi connectivity index (χ4v) is 2.09. The maximum atomic E-state index is 11.2. The first-order chi connectivity index (χ1) is 5.16. The average molecular weight is 182 g/mol.